The lowest BCUT2D eigenvalue weighted by atomic mass is 10.3. The maximum atomic E-state index is 4.22. The Hall–Kier alpha value is -1.75. The van der Waals surface area contributed by atoms with Gasteiger partial charge in [0.25, 0.3) is 0 Å². The Morgan fingerprint density at radius 1 is 1.21 bits per heavy atom. The maximum Gasteiger partial charge on any atom is 0.183 e. The minimum absolute atomic E-state index is 0.656. The number of nitrogens with zero attached hydrogens (tertiary/aromatic N) is 4. The van der Waals surface area contributed by atoms with Crippen LogP contribution in [-0.4, -0.2) is 16.3 Å². The fourth-order valence-electron chi connectivity index (χ4n) is 1.32. The van der Waals surface area contributed by atoms with E-state index in [0.29, 0.717) is 5.82 Å². The van der Waals surface area contributed by atoms with Crippen LogP contribution in [-0.2, 0) is 0 Å². The zero-order chi connectivity index (χ0) is 9.38. The van der Waals surface area contributed by atoms with Gasteiger partial charge in [-0.3, -0.25) is 0 Å². The van der Waals surface area contributed by atoms with Crippen molar-refractivity contribution in [3.63, 3.8) is 0 Å². The number of aliphatic imine (C=N–C) groups is 1. The Morgan fingerprint density at radius 3 is 3.07 bits per heavy atom. The molecule has 0 bridgehead atoms. The quantitative estimate of drug-likeness (QED) is 0.709. The first-order chi connectivity index (χ1) is 6.95. The van der Waals surface area contributed by atoms with E-state index in [4.69, 9.17) is 0 Å². The molecule has 0 spiro atoms. The van der Waals surface area contributed by atoms with E-state index < -0.39 is 0 Å². The molecule has 0 saturated carbocycles. The summed E-state index contributed by atoms with van der Waals surface area (Å²) in [4.78, 5) is 13.5. The summed E-state index contributed by atoms with van der Waals surface area (Å²) in [6.07, 6.45) is 3.03. The van der Waals surface area contributed by atoms with Crippen molar-refractivity contribution in [3.05, 3.63) is 23.8 Å². The average molecular weight is 201 g/mol. The number of hydrogen-bond donors (Lipinski definition) is 0. The lowest BCUT2D eigenvalue weighted by Gasteiger charge is -1.99. The summed E-state index contributed by atoms with van der Waals surface area (Å²) in [5.74, 6) is 0.656. The molecule has 0 atom stereocenters. The van der Waals surface area contributed by atoms with E-state index in [0.717, 1.165) is 16.3 Å². The van der Waals surface area contributed by atoms with Gasteiger partial charge in [-0.25, -0.2) is 20.3 Å². The van der Waals surface area contributed by atoms with E-state index in [-0.39, 0.29) is 0 Å². The second-order valence-electron chi connectivity index (χ2n) is 2.75. The second-order valence-corrected chi connectivity index (χ2v) is 3.69. The van der Waals surface area contributed by atoms with E-state index in [1.807, 2.05) is 17.5 Å². The van der Waals surface area contributed by atoms with Crippen LogP contribution >= 0.6 is 11.3 Å². The molecule has 2 aromatic rings. The SMILES string of the molecule is C1=Nc2c(ncnc2-c2cccs2)[N]1. The van der Waals surface area contributed by atoms with Crippen molar-refractivity contribution in [2.45, 2.75) is 0 Å². The molecule has 2 aromatic heterocycles. The van der Waals surface area contributed by atoms with Crippen LogP contribution in [0.1, 0.15) is 0 Å². The van der Waals surface area contributed by atoms with Gasteiger partial charge in [0.15, 0.2) is 5.82 Å². The Morgan fingerprint density at radius 2 is 2.21 bits per heavy atom. The summed E-state index contributed by atoms with van der Waals surface area (Å²) in [6, 6.07) is 4.01. The fourth-order valence-corrected chi connectivity index (χ4v) is 2.04. The topological polar surface area (TPSA) is 52.2 Å². The zero-order valence-electron chi connectivity index (χ0n) is 7.08. The molecule has 0 aliphatic carbocycles. The Labute approximate surface area is 84.4 Å². The monoisotopic (exact) mass is 201 g/mol. The van der Waals surface area contributed by atoms with Crippen LogP contribution in [0.3, 0.4) is 0 Å². The van der Waals surface area contributed by atoms with Crippen LogP contribution in [0.2, 0.25) is 0 Å². The summed E-state index contributed by atoms with van der Waals surface area (Å²) in [7, 11) is 0. The summed E-state index contributed by atoms with van der Waals surface area (Å²) in [6.45, 7) is 0. The van der Waals surface area contributed by atoms with Crippen molar-refractivity contribution in [1.29, 1.82) is 0 Å². The van der Waals surface area contributed by atoms with Gasteiger partial charge in [-0.15, -0.1) is 11.3 Å². The number of thiophene rings is 1. The van der Waals surface area contributed by atoms with Crippen molar-refractivity contribution >= 4 is 29.2 Å². The molecule has 0 amide bonds. The molecule has 0 N–H and O–H groups in total. The molecular weight excluding hydrogens is 196 g/mol. The molecule has 5 heteroatoms. The van der Waals surface area contributed by atoms with Gasteiger partial charge in [-0.2, -0.15) is 0 Å². The lowest BCUT2D eigenvalue weighted by Crippen LogP contribution is -1.90. The first-order valence-electron chi connectivity index (χ1n) is 4.07. The highest BCUT2D eigenvalue weighted by molar-refractivity contribution is 7.13. The third-order valence-corrected chi connectivity index (χ3v) is 2.80. The van der Waals surface area contributed by atoms with Gasteiger partial charge in [-0.05, 0) is 11.4 Å². The molecule has 1 radical (unpaired) electrons. The van der Waals surface area contributed by atoms with Gasteiger partial charge < -0.3 is 0 Å². The third-order valence-electron chi connectivity index (χ3n) is 1.92. The third kappa shape index (κ3) is 1.03. The molecule has 1 aliphatic rings. The fraction of sp³-hybridized carbons (Fsp3) is 0. The standard InChI is InChI=1S/C9H5N4S/c1-2-6(14-3-1)7-8-9(12-4-10-7)13-5-11-8/h1-5H. The zero-order valence-corrected chi connectivity index (χ0v) is 7.90. The lowest BCUT2D eigenvalue weighted by molar-refractivity contribution is 1.12. The van der Waals surface area contributed by atoms with E-state index in [1.54, 1.807) is 11.3 Å². The maximum absolute atomic E-state index is 4.22. The summed E-state index contributed by atoms with van der Waals surface area (Å²) >= 11 is 1.64. The Bertz CT molecular complexity index is 490. The van der Waals surface area contributed by atoms with E-state index >= 15 is 0 Å². The molecule has 3 rings (SSSR count). The van der Waals surface area contributed by atoms with Crippen molar-refractivity contribution in [2.75, 3.05) is 0 Å². The minimum atomic E-state index is 0.656. The van der Waals surface area contributed by atoms with Gasteiger partial charge in [0, 0.05) is 0 Å². The average Bonchev–Trinajstić information content (AvgIpc) is 2.88. The predicted molar refractivity (Wildman–Crippen MR) is 55.3 cm³/mol. The molecule has 1 aliphatic heterocycles. The highest BCUT2D eigenvalue weighted by Crippen LogP contribution is 2.37. The van der Waals surface area contributed by atoms with Gasteiger partial charge in [-0.1, -0.05) is 6.07 Å². The number of rotatable bonds is 1. The van der Waals surface area contributed by atoms with Crippen molar-refractivity contribution in [2.24, 2.45) is 4.99 Å². The van der Waals surface area contributed by atoms with Gasteiger partial charge in [0.05, 0.1) is 4.88 Å². The van der Waals surface area contributed by atoms with Crippen LogP contribution in [0.5, 0.6) is 0 Å². The van der Waals surface area contributed by atoms with E-state index in [9.17, 15) is 0 Å². The van der Waals surface area contributed by atoms with E-state index in [1.165, 1.54) is 12.7 Å². The van der Waals surface area contributed by atoms with Gasteiger partial charge in [0.2, 0.25) is 0 Å². The molecule has 14 heavy (non-hydrogen) atoms. The molecular formula is C9H5N4S. The highest BCUT2D eigenvalue weighted by Gasteiger charge is 2.16. The van der Waals surface area contributed by atoms with Crippen LogP contribution in [0, 0.1) is 0 Å². The van der Waals surface area contributed by atoms with Crippen LogP contribution in [0.15, 0.2) is 28.8 Å². The number of hydrogen-bond acceptors (Lipinski definition) is 4. The van der Waals surface area contributed by atoms with Crippen molar-refractivity contribution < 1.29 is 0 Å². The first-order valence-corrected chi connectivity index (χ1v) is 4.95. The van der Waals surface area contributed by atoms with Gasteiger partial charge >= 0.3 is 0 Å². The number of fused-ring (bicyclic) bond motifs is 1. The largest absolute Gasteiger partial charge is 0.233 e. The van der Waals surface area contributed by atoms with Crippen LogP contribution < -0.4 is 5.32 Å². The summed E-state index contributed by atoms with van der Waals surface area (Å²) in [5, 5.41) is 6.05. The Balaban J connectivity index is 2.24. The molecule has 0 aromatic carbocycles. The molecule has 0 fully saturated rings. The van der Waals surface area contributed by atoms with Crippen molar-refractivity contribution in [3.8, 4) is 10.6 Å². The van der Waals surface area contributed by atoms with Crippen molar-refractivity contribution in [1.82, 2.24) is 15.3 Å². The normalized spacial score (nSPS) is 12.6. The number of aromatic nitrogens is 2. The summed E-state index contributed by atoms with van der Waals surface area (Å²) < 4.78 is 0. The van der Waals surface area contributed by atoms with Gasteiger partial charge in [0.1, 0.15) is 24.0 Å². The van der Waals surface area contributed by atoms with E-state index in [2.05, 4.69) is 20.3 Å². The molecule has 0 saturated heterocycles. The summed E-state index contributed by atoms with van der Waals surface area (Å²) in [5.41, 5.74) is 1.64. The highest BCUT2D eigenvalue weighted by atomic mass is 32.1. The molecule has 4 nitrogen and oxygen atoms in total. The second kappa shape index (κ2) is 2.88. The molecule has 3 heterocycles. The Kier molecular flexibility index (Phi) is 1.57. The minimum Gasteiger partial charge on any atom is -0.233 e. The van der Waals surface area contributed by atoms with Crippen LogP contribution in [0.4, 0.5) is 11.5 Å². The predicted octanol–water partition coefficient (Wildman–Crippen LogP) is 2.11. The van der Waals surface area contributed by atoms with Crippen LogP contribution in [0.25, 0.3) is 10.6 Å². The smallest absolute Gasteiger partial charge is 0.183 e. The molecule has 67 valence electrons. The first kappa shape index (κ1) is 7.64. The molecule has 0 unspecified atom stereocenters.